The van der Waals surface area contributed by atoms with E-state index in [-0.39, 0.29) is 11.5 Å². The van der Waals surface area contributed by atoms with Crippen molar-refractivity contribution >= 4 is 17.2 Å². The third-order valence-electron chi connectivity index (χ3n) is 6.32. The number of methoxy groups -OCH3 is 1. The lowest BCUT2D eigenvalue weighted by Crippen LogP contribution is -2.43. The van der Waals surface area contributed by atoms with Crippen molar-refractivity contribution in [3.8, 4) is 11.1 Å². The Morgan fingerprint density at radius 3 is 2.78 bits per heavy atom. The van der Waals surface area contributed by atoms with E-state index in [0.29, 0.717) is 21.9 Å². The molecule has 2 aliphatic rings. The molecule has 5 rings (SSSR count). The largest absolute Gasteiger partial charge is 0.500 e. The lowest BCUT2D eigenvalue weighted by molar-refractivity contribution is 0.243. The van der Waals surface area contributed by atoms with Crippen LogP contribution in [0.15, 0.2) is 58.9 Å². The molecule has 2 aromatic heterocycles. The summed E-state index contributed by atoms with van der Waals surface area (Å²) in [5.74, 6) is 0.857. The summed E-state index contributed by atoms with van der Waals surface area (Å²) >= 11 is 6.16. The monoisotopic (exact) mass is 451 g/mol. The average Bonchev–Trinajstić information content (AvgIpc) is 3.23. The molecule has 1 fully saturated rings. The van der Waals surface area contributed by atoms with Crippen molar-refractivity contribution in [2.24, 2.45) is 0 Å². The predicted octanol–water partition coefficient (Wildman–Crippen LogP) is 3.46. The van der Waals surface area contributed by atoms with Crippen molar-refractivity contribution in [2.75, 3.05) is 33.3 Å². The first-order chi connectivity index (χ1) is 15.6. The maximum absolute atomic E-state index is 13.4. The van der Waals surface area contributed by atoms with Crippen molar-refractivity contribution in [3.63, 3.8) is 0 Å². The second-order valence-corrected chi connectivity index (χ2v) is 8.64. The van der Waals surface area contributed by atoms with E-state index < -0.39 is 0 Å². The van der Waals surface area contributed by atoms with Crippen LogP contribution in [0, 0.1) is 6.92 Å². The van der Waals surface area contributed by atoms with Gasteiger partial charge in [0, 0.05) is 55.1 Å². The van der Waals surface area contributed by atoms with Gasteiger partial charge in [0.25, 0.3) is 5.56 Å². The summed E-state index contributed by atoms with van der Waals surface area (Å²) in [6.07, 6.45) is 6.87. The number of aromatic nitrogens is 3. The zero-order chi connectivity index (χ0) is 22.2. The minimum Gasteiger partial charge on any atom is -0.500 e. The van der Waals surface area contributed by atoms with E-state index in [4.69, 9.17) is 21.3 Å². The van der Waals surface area contributed by atoms with Crippen LogP contribution in [0.25, 0.3) is 16.8 Å². The fourth-order valence-corrected chi connectivity index (χ4v) is 4.89. The normalized spacial score (nSPS) is 19.1. The Morgan fingerprint density at radius 2 is 2.03 bits per heavy atom. The van der Waals surface area contributed by atoms with Crippen LogP contribution in [0.1, 0.15) is 23.6 Å². The highest BCUT2D eigenvalue weighted by molar-refractivity contribution is 6.30. The molecule has 0 spiro atoms. The topological polar surface area (TPSA) is 74.7 Å². The predicted molar refractivity (Wildman–Crippen MR) is 126 cm³/mol. The summed E-state index contributed by atoms with van der Waals surface area (Å²) in [4.78, 5) is 20.7. The molecule has 1 aliphatic heterocycles. The van der Waals surface area contributed by atoms with Crippen LogP contribution in [0.2, 0.25) is 5.02 Å². The fourth-order valence-electron chi connectivity index (χ4n) is 4.70. The average molecular weight is 452 g/mol. The van der Waals surface area contributed by atoms with Crippen molar-refractivity contribution in [1.82, 2.24) is 24.8 Å². The number of benzene rings is 1. The van der Waals surface area contributed by atoms with Crippen LogP contribution >= 0.6 is 11.6 Å². The van der Waals surface area contributed by atoms with Gasteiger partial charge < -0.3 is 15.0 Å². The Labute approximate surface area is 191 Å². The standard InChI is InChI=1S/C24H26ClN5O2/c1-15-22(16-4-3-5-17(25)12-16)24(31)30-23(28-15)20(14-27-30)19-13-18(6-7-21(19)32-2)29-10-8-26-9-11-29/h3-7,12,14,19,26-27H,8-11,13H2,1-2H3. The number of ether oxygens (including phenoxy) is 1. The van der Waals surface area contributed by atoms with E-state index in [1.807, 2.05) is 31.3 Å². The number of allylic oxidation sites excluding steroid dienone is 4. The van der Waals surface area contributed by atoms with E-state index in [1.165, 1.54) is 10.2 Å². The smallest absolute Gasteiger partial charge is 0.280 e. The number of piperazine rings is 1. The second kappa shape index (κ2) is 8.48. The highest BCUT2D eigenvalue weighted by atomic mass is 35.5. The number of nitrogens with zero attached hydrogens (tertiary/aromatic N) is 3. The van der Waals surface area contributed by atoms with Gasteiger partial charge in [0.2, 0.25) is 0 Å². The molecule has 0 bridgehead atoms. The van der Waals surface area contributed by atoms with Gasteiger partial charge in [-0.05, 0) is 36.8 Å². The highest BCUT2D eigenvalue weighted by Gasteiger charge is 2.29. The van der Waals surface area contributed by atoms with Gasteiger partial charge in [-0.15, -0.1) is 0 Å². The first kappa shape index (κ1) is 20.8. The molecular weight excluding hydrogens is 426 g/mol. The number of H-pyrrole nitrogens is 1. The molecule has 1 atom stereocenters. The van der Waals surface area contributed by atoms with E-state index >= 15 is 0 Å². The van der Waals surface area contributed by atoms with Gasteiger partial charge in [0.15, 0.2) is 5.65 Å². The summed E-state index contributed by atoms with van der Waals surface area (Å²) in [6.45, 7) is 5.82. The number of rotatable bonds is 4. The molecule has 166 valence electrons. The van der Waals surface area contributed by atoms with E-state index in [2.05, 4.69) is 21.4 Å². The maximum Gasteiger partial charge on any atom is 0.280 e. The Balaban J connectivity index is 1.57. The molecule has 32 heavy (non-hydrogen) atoms. The van der Waals surface area contributed by atoms with Crippen molar-refractivity contribution in [3.05, 3.63) is 80.7 Å². The number of hydrogen-bond donors (Lipinski definition) is 2. The quantitative estimate of drug-likeness (QED) is 0.635. The molecule has 8 heteroatoms. The van der Waals surface area contributed by atoms with Crippen LogP contribution in [-0.2, 0) is 4.74 Å². The molecule has 3 aromatic rings. The van der Waals surface area contributed by atoms with Gasteiger partial charge in [-0.1, -0.05) is 23.7 Å². The number of fused-ring (bicyclic) bond motifs is 1. The molecule has 0 saturated carbocycles. The molecular formula is C24H26ClN5O2. The Kier molecular flexibility index (Phi) is 5.53. The highest BCUT2D eigenvalue weighted by Crippen LogP contribution is 2.37. The summed E-state index contributed by atoms with van der Waals surface area (Å²) in [7, 11) is 1.69. The number of nitrogens with one attached hydrogen (secondary N) is 2. The van der Waals surface area contributed by atoms with Crippen LogP contribution < -0.4 is 10.9 Å². The van der Waals surface area contributed by atoms with Crippen LogP contribution in [0.3, 0.4) is 0 Å². The third-order valence-corrected chi connectivity index (χ3v) is 6.55. The summed E-state index contributed by atoms with van der Waals surface area (Å²) in [6, 6.07) is 7.31. The van der Waals surface area contributed by atoms with Gasteiger partial charge >= 0.3 is 0 Å². The lowest BCUT2D eigenvalue weighted by Gasteiger charge is -2.35. The summed E-state index contributed by atoms with van der Waals surface area (Å²) in [5, 5.41) is 7.11. The molecule has 1 aliphatic carbocycles. The number of hydrogen-bond acceptors (Lipinski definition) is 5. The van der Waals surface area contributed by atoms with E-state index in [1.54, 1.807) is 19.2 Å². The van der Waals surface area contributed by atoms with Gasteiger partial charge in [0.1, 0.15) is 5.76 Å². The van der Waals surface area contributed by atoms with Gasteiger partial charge in [-0.2, -0.15) is 0 Å². The SMILES string of the molecule is COC1=CC=C(N2CCNCC2)CC1c1c[nH]n2c(=O)c(-c3cccc(Cl)c3)c(C)nc12. The molecule has 2 N–H and O–H groups in total. The summed E-state index contributed by atoms with van der Waals surface area (Å²) < 4.78 is 7.24. The van der Waals surface area contributed by atoms with E-state index in [0.717, 1.165) is 49.5 Å². The van der Waals surface area contributed by atoms with Crippen LogP contribution in [0.5, 0.6) is 0 Å². The number of aromatic amines is 1. The van der Waals surface area contributed by atoms with Crippen LogP contribution in [-0.4, -0.2) is 52.8 Å². The zero-order valence-corrected chi connectivity index (χ0v) is 18.9. The molecule has 0 radical (unpaired) electrons. The van der Waals surface area contributed by atoms with Gasteiger partial charge in [-0.3, -0.25) is 9.89 Å². The Morgan fingerprint density at radius 1 is 1.22 bits per heavy atom. The number of halogens is 1. The Hall–Kier alpha value is -3.03. The second-order valence-electron chi connectivity index (χ2n) is 8.20. The molecule has 1 aromatic carbocycles. The minimum absolute atomic E-state index is 0.0144. The molecule has 1 unspecified atom stereocenters. The fraction of sp³-hybridized carbons (Fsp3) is 0.333. The maximum atomic E-state index is 13.4. The lowest BCUT2D eigenvalue weighted by atomic mass is 9.89. The van der Waals surface area contributed by atoms with Crippen molar-refractivity contribution < 1.29 is 4.74 Å². The number of aryl methyl sites for hydroxylation is 1. The Bertz CT molecular complexity index is 1280. The summed E-state index contributed by atoms with van der Waals surface area (Å²) in [5.41, 5.74) is 4.71. The third kappa shape index (κ3) is 3.61. The zero-order valence-electron chi connectivity index (χ0n) is 18.2. The molecule has 3 heterocycles. The van der Waals surface area contributed by atoms with E-state index in [9.17, 15) is 4.79 Å². The van der Waals surface area contributed by atoms with Crippen molar-refractivity contribution in [2.45, 2.75) is 19.3 Å². The molecule has 7 nitrogen and oxygen atoms in total. The van der Waals surface area contributed by atoms with Crippen LogP contribution in [0.4, 0.5) is 0 Å². The minimum atomic E-state index is -0.141. The van der Waals surface area contributed by atoms with Crippen molar-refractivity contribution in [1.29, 1.82) is 0 Å². The van der Waals surface area contributed by atoms with Gasteiger partial charge in [-0.25, -0.2) is 9.50 Å². The first-order valence-corrected chi connectivity index (χ1v) is 11.2. The molecule has 1 saturated heterocycles. The molecule has 0 amide bonds. The van der Waals surface area contributed by atoms with Gasteiger partial charge in [0.05, 0.1) is 24.3 Å². The first-order valence-electron chi connectivity index (χ1n) is 10.8.